The Balaban J connectivity index is 2.86. The number of primary amides is 1. The van der Waals surface area contributed by atoms with Crippen molar-refractivity contribution in [2.45, 2.75) is 38.7 Å². The Morgan fingerprint density at radius 2 is 2.17 bits per heavy atom. The number of benzene rings is 1. The second kappa shape index (κ2) is 6.93. The van der Waals surface area contributed by atoms with E-state index in [-0.39, 0.29) is 18.1 Å². The summed E-state index contributed by atoms with van der Waals surface area (Å²) in [7, 11) is 0. The third-order valence-electron chi connectivity index (χ3n) is 2.64. The van der Waals surface area contributed by atoms with Crippen LogP contribution < -0.4 is 10.5 Å². The molecule has 0 saturated carbocycles. The fraction of sp³-hybridized carbons (Fsp3) is 0.462. The van der Waals surface area contributed by atoms with Gasteiger partial charge in [-0.1, -0.05) is 25.5 Å². The molecule has 2 N–H and O–H groups in total. The van der Waals surface area contributed by atoms with Crippen LogP contribution in [0.2, 0.25) is 0 Å². The summed E-state index contributed by atoms with van der Waals surface area (Å²) in [6.45, 7) is -0.853. The lowest BCUT2D eigenvalue weighted by Crippen LogP contribution is -2.15. The maximum atomic E-state index is 12.1. The lowest BCUT2D eigenvalue weighted by atomic mass is 9.91. The number of alkyl halides is 2. The average molecular weight is 257 g/mol. The van der Waals surface area contributed by atoms with Crippen LogP contribution in [0.5, 0.6) is 5.75 Å². The van der Waals surface area contributed by atoms with Gasteiger partial charge >= 0.3 is 6.61 Å². The van der Waals surface area contributed by atoms with Gasteiger partial charge in [0.25, 0.3) is 0 Å². The van der Waals surface area contributed by atoms with E-state index in [4.69, 9.17) is 5.73 Å². The molecule has 1 aromatic carbocycles. The van der Waals surface area contributed by atoms with Crippen LogP contribution >= 0.6 is 0 Å². The van der Waals surface area contributed by atoms with Gasteiger partial charge in [-0.25, -0.2) is 0 Å². The molecule has 0 aliphatic heterocycles. The van der Waals surface area contributed by atoms with Crippen LogP contribution in [0.3, 0.4) is 0 Å². The molecule has 0 fully saturated rings. The number of amides is 1. The third kappa shape index (κ3) is 4.69. The SMILES string of the molecule is CCCC(CC(N)=O)c1cccc(OC(F)F)c1. The lowest BCUT2D eigenvalue weighted by Gasteiger charge is -2.16. The van der Waals surface area contributed by atoms with E-state index in [2.05, 4.69) is 4.74 Å². The Morgan fingerprint density at radius 3 is 2.72 bits per heavy atom. The normalized spacial score (nSPS) is 12.4. The maximum absolute atomic E-state index is 12.1. The van der Waals surface area contributed by atoms with Gasteiger partial charge in [-0.2, -0.15) is 8.78 Å². The van der Waals surface area contributed by atoms with Gasteiger partial charge in [0.2, 0.25) is 5.91 Å². The lowest BCUT2D eigenvalue weighted by molar-refractivity contribution is -0.118. The van der Waals surface area contributed by atoms with Crippen LogP contribution in [0.4, 0.5) is 8.78 Å². The summed E-state index contributed by atoms with van der Waals surface area (Å²) in [5.74, 6) is -0.338. The van der Waals surface area contributed by atoms with E-state index in [1.165, 1.54) is 12.1 Å². The molecule has 0 radical (unpaired) electrons. The topological polar surface area (TPSA) is 52.3 Å². The zero-order chi connectivity index (χ0) is 13.5. The highest BCUT2D eigenvalue weighted by molar-refractivity contribution is 5.74. The highest BCUT2D eigenvalue weighted by Crippen LogP contribution is 2.28. The first-order valence-corrected chi connectivity index (χ1v) is 5.86. The van der Waals surface area contributed by atoms with Crippen molar-refractivity contribution in [3.05, 3.63) is 29.8 Å². The standard InChI is InChI=1S/C13H17F2NO2/c1-2-4-9(8-12(16)17)10-5-3-6-11(7-10)18-13(14)15/h3,5-7,9,13H,2,4,8H2,1H3,(H2,16,17). The smallest absolute Gasteiger partial charge is 0.387 e. The van der Waals surface area contributed by atoms with Gasteiger partial charge in [0.1, 0.15) is 5.75 Å². The Bertz CT molecular complexity index is 396. The van der Waals surface area contributed by atoms with Gasteiger partial charge in [0.05, 0.1) is 0 Å². The molecule has 5 heteroatoms. The van der Waals surface area contributed by atoms with Gasteiger partial charge in [-0.3, -0.25) is 4.79 Å². The molecule has 1 rings (SSSR count). The van der Waals surface area contributed by atoms with Crippen LogP contribution in [0.15, 0.2) is 24.3 Å². The van der Waals surface area contributed by atoms with Crippen molar-refractivity contribution in [1.29, 1.82) is 0 Å². The molecule has 3 nitrogen and oxygen atoms in total. The van der Waals surface area contributed by atoms with E-state index in [1.807, 2.05) is 6.92 Å². The van der Waals surface area contributed by atoms with Crippen molar-refractivity contribution in [3.63, 3.8) is 0 Å². The van der Waals surface area contributed by atoms with Crippen LogP contribution in [-0.4, -0.2) is 12.5 Å². The number of ether oxygens (including phenoxy) is 1. The third-order valence-corrected chi connectivity index (χ3v) is 2.64. The molecule has 100 valence electrons. The molecule has 0 aromatic heterocycles. The Morgan fingerprint density at radius 1 is 1.44 bits per heavy atom. The van der Waals surface area contributed by atoms with Crippen molar-refractivity contribution in [2.75, 3.05) is 0 Å². The van der Waals surface area contributed by atoms with E-state index in [1.54, 1.807) is 12.1 Å². The second-order valence-corrected chi connectivity index (χ2v) is 4.11. The summed E-state index contributed by atoms with van der Waals surface area (Å²) in [6.07, 6.45) is 1.88. The van der Waals surface area contributed by atoms with Gasteiger partial charge < -0.3 is 10.5 Å². The predicted octanol–water partition coefficient (Wildman–Crippen LogP) is 3.05. The molecule has 0 saturated heterocycles. The van der Waals surface area contributed by atoms with Crippen LogP contribution in [0, 0.1) is 0 Å². The van der Waals surface area contributed by atoms with Crippen LogP contribution in [0.25, 0.3) is 0 Å². The van der Waals surface area contributed by atoms with Crippen molar-refractivity contribution < 1.29 is 18.3 Å². The first-order valence-electron chi connectivity index (χ1n) is 5.86. The minimum absolute atomic E-state index is 0.0475. The van der Waals surface area contributed by atoms with Crippen LogP contribution in [-0.2, 0) is 4.79 Å². The van der Waals surface area contributed by atoms with Gasteiger partial charge in [0.15, 0.2) is 0 Å². The minimum Gasteiger partial charge on any atom is -0.435 e. The molecule has 0 heterocycles. The first-order chi connectivity index (χ1) is 8.52. The van der Waals surface area contributed by atoms with Crippen molar-refractivity contribution in [1.82, 2.24) is 0 Å². The van der Waals surface area contributed by atoms with Gasteiger partial charge in [-0.05, 0) is 30.0 Å². The van der Waals surface area contributed by atoms with Crippen molar-refractivity contribution in [2.24, 2.45) is 5.73 Å². The van der Waals surface area contributed by atoms with Crippen LogP contribution in [0.1, 0.15) is 37.7 Å². The van der Waals surface area contributed by atoms with E-state index in [0.717, 1.165) is 18.4 Å². The molecule has 18 heavy (non-hydrogen) atoms. The number of carbonyl (C=O) groups excluding carboxylic acids is 1. The number of halogens is 2. The summed E-state index contributed by atoms with van der Waals surface area (Å²) >= 11 is 0. The molecule has 1 atom stereocenters. The van der Waals surface area contributed by atoms with Crippen molar-refractivity contribution >= 4 is 5.91 Å². The number of nitrogens with two attached hydrogens (primary N) is 1. The monoisotopic (exact) mass is 257 g/mol. The molecule has 1 amide bonds. The van der Waals surface area contributed by atoms with E-state index < -0.39 is 12.5 Å². The number of hydrogen-bond acceptors (Lipinski definition) is 2. The molecule has 1 aromatic rings. The number of rotatable bonds is 7. The highest BCUT2D eigenvalue weighted by atomic mass is 19.3. The summed E-state index contributed by atoms with van der Waals surface area (Å²) in [6, 6.07) is 6.43. The summed E-state index contributed by atoms with van der Waals surface area (Å²) in [5, 5.41) is 0. The van der Waals surface area contributed by atoms with E-state index in [9.17, 15) is 13.6 Å². The molecule has 1 unspecified atom stereocenters. The van der Waals surface area contributed by atoms with E-state index >= 15 is 0 Å². The molecule has 0 spiro atoms. The largest absolute Gasteiger partial charge is 0.435 e. The molecule has 0 aliphatic rings. The fourth-order valence-electron chi connectivity index (χ4n) is 1.92. The molecule has 0 aliphatic carbocycles. The van der Waals surface area contributed by atoms with E-state index in [0.29, 0.717) is 0 Å². The van der Waals surface area contributed by atoms with Gasteiger partial charge in [-0.15, -0.1) is 0 Å². The predicted molar refractivity (Wildman–Crippen MR) is 64.5 cm³/mol. The molecule has 0 bridgehead atoms. The fourth-order valence-corrected chi connectivity index (χ4v) is 1.92. The summed E-state index contributed by atoms with van der Waals surface area (Å²) in [5.41, 5.74) is 5.99. The summed E-state index contributed by atoms with van der Waals surface area (Å²) in [4.78, 5) is 11.0. The zero-order valence-corrected chi connectivity index (χ0v) is 10.2. The maximum Gasteiger partial charge on any atom is 0.387 e. The Kier molecular flexibility index (Phi) is 5.55. The number of hydrogen-bond donors (Lipinski definition) is 1. The molecular weight excluding hydrogens is 240 g/mol. The van der Waals surface area contributed by atoms with Crippen molar-refractivity contribution in [3.8, 4) is 5.75 Å². The molecular formula is C13H17F2NO2. The second-order valence-electron chi connectivity index (χ2n) is 4.11. The first kappa shape index (κ1) is 14.4. The number of carbonyl (C=O) groups is 1. The highest BCUT2D eigenvalue weighted by Gasteiger charge is 2.15. The Labute approximate surface area is 105 Å². The Hall–Kier alpha value is -1.65. The average Bonchev–Trinajstić information content (AvgIpc) is 2.27. The van der Waals surface area contributed by atoms with Gasteiger partial charge in [0, 0.05) is 6.42 Å². The zero-order valence-electron chi connectivity index (χ0n) is 10.2. The quantitative estimate of drug-likeness (QED) is 0.816. The summed E-state index contributed by atoms with van der Waals surface area (Å²) < 4.78 is 28.6. The minimum atomic E-state index is -2.85.